The zero-order valence-corrected chi connectivity index (χ0v) is 28.2. The standard InChI is InChI=1S/C40H64/c1-31(19-13-21-33(3)25-27-37-35(5)23-15-29-39(37,7)8)17-11-12-18-32(2)20-14-22-34(4)26-28-38-36(6)24-16-30-40(38,9)10/h11-14,17,19-21,23,32,34,37H,15-16,18,22,24-30H2,1-10H3/b12-11+,19-13+,20-14+,31-17+,33-21+. The second-order valence-electron chi connectivity index (χ2n) is 14.8. The third kappa shape index (κ3) is 12.0. The van der Waals surface area contributed by atoms with Crippen molar-refractivity contribution in [1.82, 2.24) is 0 Å². The summed E-state index contributed by atoms with van der Waals surface area (Å²) in [6, 6.07) is 0. The van der Waals surface area contributed by atoms with Crippen LogP contribution in [0.25, 0.3) is 0 Å². The molecule has 0 radical (unpaired) electrons. The van der Waals surface area contributed by atoms with Gasteiger partial charge in [0.2, 0.25) is 0 Å². The molecule has 224 valence electrons. The predicted octanol–water partition coefficient (Wildman–Crippen LogP) is 13.1. The second-order valence-corrected chi connectivity index (χ2v) is 14.8. The lowest BCUT2D eigenvalue weighted by molar-refractivity contribution is 0.204. The van der Waals surface area contributed by atoms with E-state index in [-0.39, 0.29) is 0 Å². The molecule has 0 spiro atoms. The third-order valence-corrected chi connectivity index (χ3v) is 9.89. The van der Waals surface area contributed by atoms with Gasteiger partial charge < -0.3 is 0 Å². The van der Waals surface area contributed by atoms with Crippen molar-refractivity contribution in [3.05, 3.63) is 82.5 Å². The van der Waals surface area contributed by atoms with E-state index in [4.69, 9.17) is 0 Å². The molecule has 0 amide bonds. The van der Waals surface area contributed by atoms with Gasteiger partial charge in [-0.25, -0.2) is 0 Å². The minimum Gasteiger partial charge on any atom is -0.0880 e. The number of rotatable bonds is 14. The van der Waals surface area contributed by atoms with E-state index in [1.165, 1.54) is 75.4 Å². The summed E-state index contributed by atoms with van der Waals surface area (Å²) >= 11 is 0. The summed E-state index contributed by atoms with van der Waals surface area (Å²) in [6.45, 7) is 23.7. The van der Waals surface area contributed by atoms with E-state index in [9.17, 15) is 0 Å². The minimum atomic E-state index is 0.417. The van der Waals surface area contributed by atoms with Crippen molar-refractivity contribution in [2.75, 3.05) is 0 Å². The van der Waals surface area contributed by atoms with Gasteiger partial charge in [-0.3, -0.25) is 0 Å². The van der Waals surface area contributed by atoms with Crippen LogP contribution < -0.4 is 0 Å². The van der Waals surface area contributed by atoms with E-state index in [1.54, 1.807) is 16.7 Å². The van der Waals surface area contributed by atoms with Gasteiger partial charge in [-0.1, -0.05) is 124 Å². The summed E-state index contributed by atoms with van der Waals surface area (Å²) in [5.41, 5.74) is 8.67. The second kappa shape index (κ2) is 16.6. The highest BCUT2D eigenvalue weighted by molar-refractivity contribution is 5.26. The molecule has 2 aliphatic carbocycles. The smallest absolute Gasteiger partial charge is 0.0142 e. The van der Waals surface area contributed by atoms with Crippen LogP contribution in [-0.4, -0.2) is 0 Å². The Bertz CT molecular complexity index is 997. The van der Waals surface area contributed by atoms with Gasteiger partial charge in [0.25, 0.3) is 0 Å². The van der Waals surface area contributed by atoms with E-state index in [0.29, 0.717) is 16.7 Å². The molecule has 0 N–H and O–H groups in total. The highest BCUT2D eigenvalue weighted by Gasteiger charge is 2.32. The molecular formula is C40H64. The maximum atomic E-state index is 2.47. The van der Waals surface area contributed by atoms with Crippen LogP contribution in [0.1, 0.15) is 140 Å². The number of allylic oxidation sites excluding steroid dienone is 14. The Morgan fingerprint density at radius 1 is 0.975 bits per heavy atom. The van der Waals surface area contributed by atoms with Crippen LogP contribution >= 0.6 is 0 Å². The van der Waals surface area contributed by atoms with Gasteiger partial charge in [0.05, 0.1) is 0 Å². The molecular weight excluding hydrogens is 480 g/mol. The molecule has 0 heterocycles. The van der Waals surface area contributed by atoms with E-state index in [0.717, 1.165) is 18.3 Å². The van der Waals surface area contributed by atoms with Gasteiger partial charge in [0, 0.05) is 0 Å². The maximum Gasteiger partial charge on any atom is -0.0142 e. The Hall–Kier alpha value is -1.82. The lowest BCUT2D eigenvalue weighted by Crippen LogP contribution is -2.27. The monoisotopic (exact) mass is 545 g/mol. The van der Waals surface area contributed by atoms with Crippen molar-refractivity contribution in [3.63, 3.8) is 0 Å². The molecule has 0 aliphatic heterocycles. The van der Waals surface area contributed by atoms with Crippen molar-refractivity contribution in [1.29, 1.82) is 0 Å². The topological polar surface area (TPSA) is 0 Å². The fourth-order valence-corrected chi connectivity index (χ4v) is 6.97. The summed E-state index contributed by atoms with van der Waals surface area (Å²) in [5, 5.41) is 0. The zero-order valence-electron chi connectivity index (χ0n) is 28.2. The fourth-order valence-electron chi connectivity index (χ4n) is 6.97. The molecule has 0 saturated heterocycles. The van der Waals surface area contributed by atoms with Crippen molar-refractivity contribution < 1.29 is 0 Å². The SMILES string of the molecule is CC1=CCCC(C)(C)C1CC/C(C)=C/C=C/C(C)=C/C=C/CC(C)/C=C/CC(C)CCC1=C(C)CCCC1(C)C. The lowest BCUT2D eigenvalue weighted by atomic mass is 9.67. The molecule has 0 aromatic carbocycles. The summed E-state index contributed by atoms with van der Waals surface area (Å²) in [5.74, 6) is 2.07. The van der Waals surface area contributed by atoms with E-state index >= 15 is 0 Å². The minimum absolute atomic E-state index is 0.417. The molecule has 3 atom stereocenters. The zero-order chi connectivity index (χ0) is 29.8. The van der Waals surface area contributed by atoms with Crippen LogP contribution in [-0.2, 0) is 0 Å². The van der Waals surface area contributed by atoms with Crippen LogP contribution in [0.5, 0.6) is 0 Å². The first-order valence-electron chi connectivity index (χ1n) is 16.5. The number of hydrogen-bond acceptors (Lipinski definition) is 0. The average Bonchev–Trinajstić information content (AvgIpc) is 2.85. The van der Waals surface area contributed by atoms with Crippen LogP contribution in [0.15, 0.2) is 82.5 Å². The van der Waals surface area contributed by atoms with Crippen molar-refractivity contribution in [2.24, 2.45) is 28.6 Å². The van der Waals surface area contributed by atoms with Gasteiger partial charge in [0.1, 0.15) is 0 Å². The Morgan fingerprint density at radius 2 is 1.73 bits per heavy atom. The Kier molecular flexibility index (Phi) is 14.3. The maximum absolute atomic E-state index is 2.47. The van der Waals surface area contributed by atoms with Crippen molar-refractivity contribution in [3.8, 4) is 0 Å². The predicted molar refractivity (Wildman–Crippen MR) is 182 cm³/mol. The van der Waals surface area contributed by atoms with Crippen molar-refractivity contribution in [2.45, 2.75) is 140 Å². The van der Waals surface area contributed by atoms with Gasteiger partial charge in [-0.05, 0) is 127 Å². The highest BCUT2D eigenvalue weighted by atomic mass is 14.4. The van der Waals surface area contributed by atoms with Crippen LogP contribution in [0.3, 0.4) is 0 Å². The molecule has 40 heavy (non-hydrogen) atoms. The van der Waals surface area contributed by atoms with Gasteiger partial charge in [-0.2, -0.15) is 0 Å². The molecule has 0 fully saturated rings. The first kappa shape index (κ1) is 34.4. The molecule has 0 bridgehead atoms. The van der Waals surface area contributed by atoms with Crippen LogP contribution in [0, 0.1) is 28.6 Å². The van der Waals surface area contributed by atoms with Gasteiger partial charge >= 0.3 is 0 Å². The molecule has 0 heteroatoms. The van der Waals surface area contributed by atoms with E-state index in [2.05, 4.69) is 124 Å². The summed E-state index contributed by atoms with van der Waals surface area (Å²) in [7, 11) is 0. The fraction of sp³-hybridized carbons (Fsp3) is 0.650. The van der Waals surface area contributed by atoms with E-state index < -0.39 is 0 Å². The van der Waals surface area contributed by atoms with E-state index in [1.807, 2.05) is 0 Å². The Balaban J connectivity index is 1.69. The summed E-state index contributed by atoms with van der Waals surface area (Å²) in [4.78, 5) is 0. The molecule has 3 unspecified atom stereocenters. The molecule has 0 aromatic rings. The molecule has 0 nitrogen and oxygen atoms in total. The van der Waals surface area contributed by atoms with Gasteiger partial charge in [-0.15, -0.1) is 0 Å². The number of hydrogen-bond donors (Lipinski definition) is 0. The van der Waals surface area contributed by atoms with Crippen LogP contribution in [0.4, 0.5) is 0 Å². The quantitative estimate of drug-likeness (QED) is 0.151. The van der Waals surface area contributed by atoms with Crippen molar-refractivity contribution >= 4 is 0 Å². The molecule has 0 aromatic heterocycles. The normalized spacial score (nSPS) is 23.9. The van der Waals surface area contributed by atoms with Crippen LogP contribution in [0.2, 0.25) is 0 Å². The third-order valence-electron chi connectivity index (χ3n) is 9.89. The molecule has 0 saturated carbocycles. The largest absolute Gasteiger partial charge is 0.0880 e. The molecule has 2 rings (SSSR count). The first-order valence-corrected chi connectivity index (χ1v) is 16.5. The Morgan fingerprint density at radius 3 is 2.42 bits per heavy atom. The highest BCUT2D eigenvalue weighted by Crippen LogP contribution is 2.44. The molecule has 2 aliphatic rings. The first-order chi connectivity index (χ1) is 18.8. The van der Waals surface area contributed by atoms with Gasteiger partial charge in [0.15, 0.2) is 0 Å². The Labute approximate surface area is 250 Å². The average molecular weight is 545 g/mol. The lowest BCUT2D eigenvalue weighted by Gasteiger charge is -2.38. The summed E-state index contributed by atoms with van der Waals surface area (Å²) in [6.07, 6.45) is 34.8. The summed E-state index contributed by atoms with van der Waals surface area (Å²) < 4.78 is 0.